The molecule has 0 saturated heterocycles. The number of guanidine groups is 1. The van der Waals surface area contributed by atoms with E-state index in [4.69, 9.17) is 9.47 Å². The molecule has 0 amide bonds. The van der Waals surface area contributed by atoms with E-state index in [2.05, 4.69) is 32.8 Å². The number of rotatable bonds is 7. The topological polar surface area (TPSA) is 67.8 Å². The Hall–Kier alpha value is -3.02. The van der Waals surface area contributed by atoms with E-state index in [0.29, 0.717) is 25.1 Å². The zero-order valence-corrected chi connectivity index (χ0v) is 15.8. The summed E-state index contributed by atoms with van der Waals surface area (Å²) >= 11 is 0. The molecule has 3 rings (SSSR count). The van der Waals surface area contributed by atoms with E-state index in [1.165, 1.54) is 0 Å². The van der Waals surface area contributed by atoms with E-state index in [1.54, 1.807) is 13.2 Å². The van der Waals surface area contributed by atoms with Crippen LogP contribution in [0.3, 0.4) is 0 Å². The van der Waals surface area contributed by atoms with Gasteiger partial charge in [-0.1, -0.05) is 12.2 Å². The molecule has 0 aliphatic heterocycles. The Balaban J connectivity index is 1.54. The third-order valence-corrected chi connectivity index (χ3v) is 4.19. The van der Waals surface area contributed by atoms with Crippen molar-refractivity contribution in [3.63, 3.8) is 0 Å². The fourth-order valence-electron chi connectivity index (χ4n) is 2.82. The summed E-state index contributed by atoms with van der Waals surface area (Å²) in [4.78, 5) is 8.58. The first kappa shape index (κ1) is 18.8. The van der Waals surface area contributed by atoms with Gasteiger partial charge in [0.2, 0.25) is 5.88 Å². The quantitative estimate of drug-likeness (QED) is 0.445. The highest BCUT2D eigenvalue weighted by Gasteiger charge is 2.11. The molecule has 0 saturated carbocycles. The van der Waals surface area contributed by atoms with E-state index in [1.807, 2.05) is 43.3 Å². The van der Waals surface area contributed by atoms with Crippen LogP contribution in [0.15, 0.2) is 59.7 Å². The average molecular weight is 366 g/mol. The zero-order chi connectivity index (χ0) is 18.9. The van der Waals surface area contributed by atoms with Gasteiger partial charge in [-0.15, -0.1) is 0 Å². The first-order valence-corrected chi connectivity index (χ1v) is 9.24. The SMILES string of the molecule is CCOc1ccc(Oc2cc(CNC(=NC)NC3CC=CC3)ccn2)cc1. The number of pyridine rings is 1. The summed E-state index contributed by atoms with van der Waals surface area (Å²) in [7, 11) is 1.78. The summed E-state index contributed by atoms with van der Waals surface area (Å²) in [5.74, 6) is 2.91. The van der Waals surface area contributed by atoms with Gasteiger partial charge in [0.1, 0.15) is 11.5 Å². The van der Waals surface area contributed by atoms with Gasteiger partial charge in [0.05, 0.1) is 6.61 Å². The standard InChI is InChI=1S/C21H26N4O2/c1-3-26-18-8-10-19(11-9-18)27-20-14-16(12-13-23-20)15-24-21(22-2)25-17-6-4-5-7-17/h4-5,8-14,17H,3,6-7,15H2,1-2H3,(H2,22,24,25). The Bertz CT molecular complexity index is 779. The minimum atomic E-state index is 0.423. The van der Waals surface area contributed by atoms with Gasteiger partial charge >= 0.3 is 0 Å². The van der Waals surface area contributed by atoms with Gasteiger partial charge in [-0.25, -0.2) is 4.98 Å². The molecule has 27 heavy (non-hydrogen) atoms. The van der Waals surface area contributed by atoms with Gasteiger partial charge in [-0.2, -0.15) is 0 Å². The van der Waals surface area contributed by atoms with Gasteiger partial charge in [-0.3, -0.25) is 4.99 Å². The zero-order valence-electron chi connectivity index (χ0n) is 15.8. The maximum Gasteiger partial charge on any atom is 0.219 e. The number of hydrogen-bond acceptors (Lipinski definition) is 4. The third kappa shape index (κ3) is 5.74. The number of nitrogens with one attached hydrogen (secondary N) is 2. The molecule has 1 aromatic heterocycles. The van der Waals surface area contributed by atoms with Crippen molar-refractivity contribution in [2.24, 2.45) is 4.99 Å². The highest BCUT2D eigenvalue weighted by atomic mass is 16.5. The third-order valence-electron chi connectivity index (χ3n) is 4.19. The van der Waals surface area contributed by atoms with Crippen LogP contribution in [-0.4, -0.2) is 30.6 Å². The van der Waals surface area contributed by atoms with Crippen molar-refractivity contribution in [1.29, 1.82) is 0 Å². The van der Waals surface area contributed by atoms with Crippen molar-refractivity contribution in [2.75, 3.05) is 13.7 Å². The number of benzene rings is 1. The maximum absolute atomic E-state index is 5.84. The predicted molar refractivity (Wildman–Crippen MR) is 107 cm³/mol. The molecule has 0 atom stereocenters. The van der Waals surface area contributed by atoms with Crippen molar-refractivity contribution >= 4 is 5.96 Å². The van der Waals surface area contributed by atoms with E-state index in [0.717, 1.165) is 35.9 Å². The molecule has 2 N–H and O–H groups in total. The second-order valence-electron chi connectivity index (χ2n) is 6.22. The Morgan fingerprint density at radius 3 is 2.59 bits per heavy atom. The first-order chi connectivity index (χ1) is 13.3. The number of hydrogen-bond donors (Lipinski definition) is 2. The number of nitrogens with zero attached hydrogens (tertiary/aromatic N) is 2. The molecule has 0 unspecified atom stereocenters. The lowest BCUT2D eigenvalue weighted by Crippen LogP contribution is -2.42. The lowest BCUT2D eigenvalue weighted by atomic mass is 10.2. The average Bonchev–Trinajstić information content (AvgIpc) is 3.20. The van der Waals surface area contributed by atoms with E-state index < -0.39 is 0 Å². The first-order valence-electron chi connectivity index (χ1n) is 9.24. The van der Waals surface area contributed by atoms with Crippen LogP contribution in [0.1, 0.15) is 25.3 Å². The van der Waals surface area contributed by atoms with Gasteiger partial charge in [0.15, 0.2) is 5.96 Å². The molecule has 0 fully saturated rings. The molecule has 6 nitrogen and oxygen atoms in total. The summed E-state index contributed by atoms with van der Waals surface area (Å²) in [6.07, 6.45) is 8.21. The summed E-state index contributed by atoms with van der Waals surface area (Å²) < 4.78 is 11.3. The fraction of sp³-hybridized carbons (Fsp3) is 0.333. The molecule has 142 valence electrons. The van der Waals surface area contributed by atoms with Crippen molar-refractivity contribution in [1.82, 2.24) is 15.6 Å². The van der Waals surface area contributed by atoms with Crippen LogP contribution in [0, 0.1) is 0 Å². The lowest BCUT2D eigenvalue weighted by Gasteiger charge is -2.17. The second kappa shape index (κ2) is 9.62. The minimum absolute atomic E-state index is 0.423. The predicted octanol–water partition coefficient (Wildman–Crippen LogP) is 3.66. The van der Waals surface area contributed by atoms with Crippen molar-refractivity contribution < 1.29 is 9.47 Å². The Labute approximate surface area is 160 Å². The van der Waals surface area contributed by atoms with E-state index >= 15 is 0 Å². The van der Waals surface area contributed by atoms with Crippen LogP contribution in [0.5, 0.6) is 17.4 Å². The number of aliphatic imine (C=N–C) groups is 1. The fourth-order valence-corrected chi connectivity index (χ4v) is 2.82. The smallest absolute Gasteiger partial charge is 0.219 e. The van der Waals surface area contributed by atoms with Crippen LogP contribution in [0.4, 0.5) is 0 Å². The highest BCUT2D eigenvalue weighted by molar-refractivity contribution is 5.80. The minimum Gasteiger partial charge on any atom is -0.494 e. The molecular weight excluding hydrogens is 340 g/mol. The maximum atomic E-state index is 5.84. The molecule has 6 heteroatoms. The lowest BCUT2D eigenvalue weighted by molar-refractivity contribution is 0.339. The number of ether oxygens (including phenoxy) is 2. The van der Waals surface area contributed by atoms with Crippen molar-refractivity contribution in [3.8, 4) is 17.4 Å². The van der Waals surface area contributed by atoms with Crippen LogP contribution in [0.25, 0.3) is 0 Å². The molecule has 0 radical (unpaired) electrons. The molecule has 1 heterocycles. The highest BCUT2D eigenvalue weighted by Crippen LogP contribution is 2.23. The van der Waals surface area contributed by atoms with Gasteiger partial charge in [-0.05, 0) is 55.7 Å². The summed E-state index contributed by atoms with van der Waals surface area (Å²) in [6.45, 7) is 3.25. The van der Waals surface area contributed by atoms with E-state index in [-0.39, 0.29) is 0 Å². The van der Waals surface area contributed by atoms with Crippen LogP contribution in [0.2, 0.25) is 0 Å². The normalized spacial score (nSPS) is 14.2. The summed E-state index contributed by atoms with van der Waals surface area (Å²) in [5.41, 5.74) is 1.07. The molecule has 2 aromatic rings. The largest absolute Gasteiger partial charge is 0.494 e. The molecule has 1 aromatic carbocycles. The van der Waals surface area contributed by atoms with Gasteiger partial charge < -0.3 is 20.1 Å². The van der Waals surface area contributed by atoms with Gasteiger partial charge in [0.25, 0.3) is 0 Å². The molecule has 1 aliphatic rings. The molecule has 1 aliphatic carbocycles. The Morgan fingerprint density at radius 1 is 1.15 bits per heavy atom. The van der Waals surface area contributed by atoms with Crippen molar-refractivity contribution in [3.05, 3.63) is 60.3 Å². The van der Waals surface area contributed by atoms with E-state index in [9.17, 15) is 0 Å². The van der Waals surface area contributed by atoms with Crippen LogP contribution >= 0.6 is 0 Å². The monoisotopic (exact) mass is 366 g/mol. The summed E-state index contributed by atoms with van der Waals surface area (Å²) in [6, 6.07) is 11.8. The molecule has 0 bridgehead atoms. The Kier molecular flexibility index (Phi) is 6.68. The van der Waals surface area contributed by atoms with Crippen molar-refractivity contribution in [2.45, 2.75) is 32.4 Å². The second-order valence-corrected chi connectivity index (χ2v) is 6.22. The van der Waals surface area contributed by atoms with Gasteiger partial charge in [0, 0.05) is 31.9 Å². The summed E-state index contributed by atoms with van der Waals surface area (Å²) in [5, 5.41) is 6.76. The molecular formula is C21H26N4O2. The molecule has 0 spiro atoms. The van der Waals surface area contributed by atoms with Crippen LogP contribution in [-0.2, 0) is 6.54 Å². The Morgan fingerprint density at radius 2 is 1.89 bits per heavy atom. The number of aromatic nitrogens is 1. The van der Waals surface area contributed by atoms with Crippen LogP contribution < -0.4 is 20.1 Å².